The van der Waals surface area contributed by atoms with Crippen molar-refractivity contribution < 1.29 is 8.42 Å². The van der Waals surface area contributed by atoms with Gasteiger partial charge < -0.3 is 5.32 Å². The second kappa shape index (κ2) is 7.40. The van der Waals surface area contributed by atoms with E-state index in [9.17, 15) is 13.2 Å². The number of halogens is 1. The Morgan fingerprint density at radius 3 is 2.62 bits per heavy atom. The molecular formula is C19H20ClN5O3S. The van der Waals surface area contributed by atoms with Gasteiger partial charge >= 0.3 is 0 Å². The van der Waals surface area contributed by atoms with E-state index >= 15 is 0 Å². The average Bonchev–Trinajstić information content (AvgIpc) is 3.18. The van der Waals surface area contributed by atoms with Crippen LogP contribution in [-0.4, -0.2) is 23.0 Å². The Balaban J connectivity index is 1.77. The highest BCUT2D eigenvalue weighted by Crippen LogP contribution is 2.31. The molecule has 8 nitrogen and oxygen atoms in total. The Morgan fingerprint density at radius 2 is 1.97 bits per heavy atom. The van der Waals surface area contributed by atoms with Crippen LogP contribution in [0.15, 0.2) is 40.2 Å². The first-order valence-electron chi connectivity index (χ1n) is 9.22. The monoisotopic (exact) mass is 433 g/mol. The second-order valence-electron chi connectivity index (χ2n) is 7.23. The zero-order valence-corrected chi connectivity index (χ0v) is 17.3. The number of anilines is 2. The van der Waals surface area contributed by atoms with Gasteiger partial charge in [-0.2, -0.15) is 4.98 Å². The number of hydrogen-bond donors (Lipinski definition) is 2. The molecule has 0 unspecified atom stereocenters. The summed E-state index contributed by atoms with van der Waals surface area (Å²) in [5.74, 6) is 0.303. The maximum atomic E-state index is 12.7. The lowest BCUT2D eigenvalue weighted by atomic mass is 10.2. The SMILES string of the molecule is Cc1cc(S(N)(=O)=O)ccc1Nc1ncc2cc(Cl)c(=O)n(C3CCCC3)c2n1. The number of fused-ring (bicyclic) bond motifs is 1. The van der Waals surface area contributed by atoms with Gasteiger partial charge in [-0.1, -0.05) is 24.4 Å². The first kappa shape index (κ1) is 19.8. The number of nitrogens with one attached hydrogen (secondary N) is 1. The highest BCUT2D eigenvalue weighted by Gasteiger charge is 2.22. The van der Waals surface area contributed by atoms with Crippen LogP contribution in [0.2, 0.25) is 5.02 Å². The summed E-state index contributed by atoms with van der Waals surface area (Å²) in [6.07, 6.45) is 5.58. The third-order valence-electron chi connectivity index (χ3n) is 5.19. The van der Waals surface area contributed by atoms with E-state index in [-0.39, 0.29) is 21.5 Å². The summed E-state index contributed by atoms with van der Waals surface area (Å²) in [7, 11) is -3.78. The summed E-state index contributed by atoms with van der Waals surface area (Å²) in [5.41, 5.74) is 1.59. The lowest BCUT2D eigenvalue weighted by molar-refractivity contribution is 0.516. The van der Waals surface area contributed by atoms with Crippen molar-refractivity contribution in [2.45, 2.75) is 43.5 Å². The molecule has 0 bridgehead atoms. The number of sulfonamides is 1. The molecule has 2 heterocycles. The van der Waals surface area contributed by atoms with Gasteiger partial charge in [0.05, 0.1) is 4.90 Å². The number of benzene rings is 1. The van der Waals surface area contributed by atoms with E-state index in [0.717, 1.165) is 25.7 Å². The lowest BCUT2D eigenvalue weighted by Crippen LogP contribution is -2.25. The molecule has 1 saturated carbocycles. The summed E-state index contributed by atoms with van der Waals surface area (Å²) < 4.78 is 24.7. The predicted octanol–water partition coefficient (Wildman–Crippen LogP) is 3.26. The van der Waals surface area contributed by atoms with Gasteiger partial charge in [-0.15, -0.1) is 0 Å². The minimum atomic E-state index is -3.78. The number of rotatable bonds is 4. The molecule has 4 rings (SSSR count). The Labute approximate surface area is 172 Å². The predicted molar refractivity (Wildman–Crippen MR) is 112 cm³/mol. The van der Waals surface area contributed by atoms with Gasteiger partial charge in [0.2, 0.25) is 16.0 Å². The first-order chi connectivity index (χ1) is 13.7. The molecule has 0 aliphatic heterocycles. The quantitative estimate of drug-likeness (QED) is 0.651. The van der Waals surface area contributed by atoms with Crippen molar-refractivity contribution >= 4 is 44.3 Å². The molecule has 1 aromatic carbocycles. The molecule has 0 atom stereocenters. The number of nitrogens with zero attached hydrogens (tertiary/aromatic N) is 3. The number of aromatic nitrogens is 3. The summed E-state index contributed by atoms with van der Waals surface area (Å²) in [4.78, 5) is 21.6. The smallest absolute Gasteiger partial charge is 0.271 e. The fraction of sp³-hybridized carbons (Fsp3) is 0.316. The molecule has 0 saturated heterocycles. The Bertz CT molecular complexity index is 1270. The van der Waals surface area contributed by atoms with Crippen molar-refractivity contribution in [3.8, 4) is 0 Å². The number of aryl methyl sites for hydroxylation is 1. The highest BCUT2D eigenvalue weighted by molar-refractivity contribution is 7.89. The van der Waals surface area contributed by atoms with Crippen LogP contribution in [0, 0.1) is 6.92 Å². The van der Waals surface area contributed by atoms with Crippen LogP contribution in [0.25, 0.3) is 11.0 Å². The van der Waals surface area contributed by atoms with Gasteiger partial charge in [0, 0.05) is 23.3 Å². The fourth-order valence-electron chi connectivity index (χ4n) is 3.72. The Kier molecular flexibility index (Phi) is 5.05. The fourth-order valence-corrected chi connectivity index (χ4v) is 4.53. The molecule has 1 aliphatic carbocycles. The van der Waals surface area contributed by atoms with E-state index in [4.69, 9.17) is 16.7 Å². The standard InChI is InChI=1S/C19H20ClN5O3S/c1-11-8-14(29(21,27)28)6-7-16(11)23-19-22-10-12-9-15(20)18(26)25(17(12)24-19)13-4-2-3-5-13/h6-10,13H,2-5H2,1H3,(H2,21,27,28)(H,22,23,24). The normalized spacial score (nSPS) is 15.1. The van der Waals surface area contributed by atoms with Crippen LogP contribution in [0.5, 0.6) is 0 Å². The molecular weight excluding hydrogens is 414 g/mol. The topological polar surface area (TPSA) is 120 Å². The highest BCUT2D eigenvalue weighted by atomic mass is 35.5. The van der Waals surface area contributed by atoms with Crippen LogP contribution in [-0.2, 0) is 10.0 Å². The van der Waals surface area contributed by atoms with Crippen molar-refractivity contribution in [2.75, 3.05) is 5.32 Å². The Morgan fingerprint density at radius 1 is 1.24 bits per heavy atom. The van der Waals surface area contributed by atoms with Crippen LogP contribution >= 0.6 is 11.6 Å². The molecule has 3 aromatic rings. The molecule has 2 aromatic heterocycles. The molecule has 1 aliphatic rings. The van der Waals surface area contributed by atoms with E-state index in [1.54, 1.807) is 29.8 Å². The molecule has 1 fully saturated rings. The van der Waals surface area contributed by atoms with Gasteiger partial charge in [0.1, 0.15) is 10.7 Å². The molecule has 29 heavy (non-hydrogen) atoms. The summed E-state index contributed by atoms with van der Waals surface area (Å²) in [6.45, 7) is 1.76. The molecule has 0 amide bonds. The van der Waals surface area contributed by atoms with Gasteiger partial charge in [-0.3, -0.25) is 9.36 Å². The molecule has 152 valence electrons. The molecule has 3 N–H and O–H groups in total. The average molecular weight is 434 g/mol. The molecule has 0 radical (unpaired) electrons. The molecule has 0 spiro atoms. The van der Waals surface area contributed by atoms with Crippen LogP contribution in [0.3, 0.4) is 0 Å². The van der Waals surface area contributed by atoms with Crippen LogP contribution in [0.1, 0.15) is 37.3 Å². The van der Waals surface area contributed by atoms with Crippen molar-refractivity contribution in [1.82, 2.24) is 14.5 Å². The van der Waals surface area contributed by atoms with Gasteiger partial charge in [0.15, 0.2) is 0 Å². The van der Waals surface area contributed by atoms with E-state index in [1.165, 1.54) is 12.1 Å². The number of nitrogens with two attached hydrogens (primary N) is 1. The minimum absolute atomic E-state index is 0.0321. The van der Waals surface area contributed by atoms with Gasteiger partial charge in [-0.05, 0) is 49.6 Å². The largest absolute Gasteiger partial charge is 0.324 e. The maximum absolute atomic E-state index is 12.7. The minimum Gasteiger partial charge on any atom is -0.324 e. The van der Waals surface area contributed by atoms with Crippen molar-refractivity contribution in [3.63, 3.8) is 0 Å². The van der Waals surface area contributed by atoms with Crippen molar-refractivity contribution in [3.05, 3.63) is 51.4 Å². The number of primary sulfonamides is 1. The number of hydrogen-bond acceptors (Lipinski definition) is 6. The van der Waals surface area contributed by atoms with E-state index in [0.29, 0.717) is 28.2 Å². The summed E-state index contributed by atoms with van der Waals surface area (Å²) in [6, 6.07) is 6.16. The van der Waals surface area contributed by atoms with Crippen LogP contribution in [0.4, 0.5) is 11.6 Å². The lowest BCUT2D eigenvalue weighted by Gasteiger charge is -2.17. The second-order valence-corrected chi connectivity index (χ2v) is 9.19. The zero-order valence-electron chi connectivity index (χ0n) is 15.7. The van der Waals surface area contributed by atoms with E-state index < -0.39 is 10.0 Å². The van der Waals surface area contributed by atoms with Crippen molar-refractivity contribution in [1.29, 1.82) is 0 Å². The number of pyridine rings is 1. The van der Waals surface area contributed by atoms with Gasteiger partial charge in [-0.25, -0.2) is 18.5 Å². The third kappa shape index (κ3) is 3.85. The van der Waals surface area contributed by atoms with E-state index in [1.807, 2.05) is 0 Å². The Hall–Kier alpha value is -2.49. The first-order valence-corrected chi connectivity index (χ1v) is 11.1. The zero-order chi connectivity index (χ0) is 20.8. The van der Waals surface area contributed by atoms with Gasteiger partial charge in [0.25, 0.3) is 5.56 Å². The third-order valence-corrected chi connectivity index (χ3v) is 6.37. The molecule has 10 heteroatoms. The summed E-state index contributed by atoms with van der Waals surface area (Å²) in [5, 5.41) is 9.11. The van der Waals surface area contributed by atoms with Crippen molar-refractivity contribution in [2.24, 2.45) is 5.14 Å². The van der Waals surface area contributed by atoms with E-state index in [2.05, 4.69) is 15.3 Å². The maximum Gasteiger partial charge on any atom is 0.271 e. The van der Waals surface area contributed by atoms with Crippen LogP contribution < -0.4 is 16.0 Å². The summed E-state index contributed by atoms with van der Waals surface area (Å²) >= 11 is 6.15.